The Bertz CT molecular complexity index is 1600. The topological polar surface area (TPSA) is 75.7 Å². The number of benzene rings is 5. The number of nitriles is 3. The lowest BCUT2D eigenvalue weighted by atomic mass is 9.94. The monoisotopic (exact) mass is 430 g/mol. The predicted molar refractivity (Wildman–Crippen MR) is 133 cm³/mol. The normalized spacial score (nSPS) is 10.2. The van der Waals surface area contributed by atoms with Crippen LogP contribution in [0.3, 0.4) is 0 Å². The van der Waals surface area contributed by atoms with Crippen LogP contribution in [0.5, 0.6) is 0 Å². The van der Waals surface area contributed by atoms with E-state index in [4.69, 9.17) is 6.57 Å². The molecule has 4 nitrogen and oxygen atoms in total. The summed E-state index contributed by atoms with van der Waals surface area (Å²) in [5, 5.41) is 32.2. The van der Waals surface area contributed by atoms with Crippen molar-refractivity contribution in [2.24, 2.45) is 0 Å². The van der Waals surface area contributed by atoms with E-state index in [1.807, 2.05) is 12.1 Å². The molecule has 0 bridgehead atoms. The van der Waals surface area contributed by atoms with E-state index < -0.39 is 0 Å². The van der Waals surface area contributed by atoms with Crippen LogP contribution in [-0.2, 0) is 0 Å². The van der Waals surface area contributed by atoms with Crippen LogP contribution in [0, 0.1) is 40.6 Å². The van der Waals surface area contributed by atoms with Gasteiger partial charge in [0, 0.05) is 5.56 Å². The lowest BCUT2D eigenvalue weighted by Gasteiger charge is -2.10. The molecule has 0 aliphatic carbocycles. The standard InChI is InChI=1S/C30H14N4/c1-34-28-12-21(18-33)11-27(15-28)23-5-7-30-25(14-23)3-2-24-13-22(4-6-29(24)30)26-9-19(16-31)8-20(10-26)17-32/h2-15H. The van der Waals surface area contributed by atoms with Crippen molar-refractivity contribution in [2.75, 3.05) is 0 Å². The Labute approximate surface area is 196 Å². The third-order valence-corrected chi connectivity index (χ3v) is 5.87. The van der Waals surface area contributed by atoms with Crippen molar-refractivity contribution < 1.29 is 0 Å². The van der Waals surface area contributed by atoms with Gasteiger partial charge < -0.3 is 0 Å². The average molecular weight is 430 g/mol. The van der Waals surface area contributed by atoms with Gasteiger partial charge >= 0.3 is 0 Å². The van der Waals surface area contributed by atoms with Crippen LogP contribution < -0.4 is 0 Å². The molecule has 0 unspecified atom stereocenters. The highest BCUT2D eigenvalue weighted by Gasteiger charge is 2.09. The van der Waals surface area contributed by atoms with E-state index >= 15 is 0 Å². The summed E-state index contributed by atoms with van der Waals surface area (Å²) in [6.07, 6.45) is 0. The first kappa shape index (κ1) is 20.5. The van der Waals surface area contributed by atoms with Crippen LogP contribution in [0.25, 0.3) is 48.6 Å². The van der Waals surface area contributed by atoms with Crippen molar-refractivity contribution in [1.29, 1.82) is 15.8 Å². The molecule has 0 N–H and O–H groups in total. The second-order valence-electron chi connectivity index (χ2n) is 7.95. The maximum atomic E-state index is 9.30. The van der Waals surface area contributed by atoms with Crippen molar-refractivity contribution in [3.05, 3.63) is 113 Å². The van der Waals surface area contributed by atoms with E-state index in [1.165, 1.54) is 0 Å². The minimum atomic E-state index is 0.445. The molecule has 0 spiro atoms. The van der Waals surface area contributed by atoms with E-state index in [0.717, 1.165) is 43.8 Å². The maximum Gasteiger partial charge on any atom is 0.189 e. The van der Waals surface area contributed by atoms with Crippen molar-refractivity contribution >= 4 is 27.2 Å². The number of hydrogen-bond acceptors (Lipinski definition) is 3. The number of fused-ring (bicyclic) bond motifs is 3. The highest BCUT2D eigenvalue weighted by Crippen LogP contribution is 2.34. The summed E-state index contributed by atoms with van der Waals surface area (Å²) < 4.78 is 0. The second kappa shape index (κ2) is 8.26. The van der Waals surface area contributed by atoms with Crippen LogP contribution in [0.2, 0.25) is 0 Å². The SMILES string of the molecule is [C-]#[N+]c1cc(C#N)cc(-c2ccc3c(ccc4cc(-c5cc(C#N)cc(C#N)c5)ccc43)c2)c1. The van der Waals surface area contributed by atoms with Gasteiger partial charge in [0.25, 0.3) is 0 Å². The van der Waals surface area contributed by atoms with Gasteiger partial charge in [0.05, 0.1) is 35.9 Å². The zero-order valence-corrected chi connectivity index (χ0v) is 17.9. The van der Waals surface area contributed by atoms with Gasteiger partial charge in [-0.25, -0.2) is 4.85 Å². The van der Waals surface area contributed by atoms with Crippen LogP contribution in [0.1, 0.15) is 16.7 Å². The van der Waals surface area contributed by atoms with Crippen LogP contribution >= 0.6 is 0 Å². The molecule has 5 rings (SSSR count). The van der Waals surface area contributed by atoms with Gasteiger partial charge in [0.2, 0.25) is 0 Å². The molecule has 0 heterocycles. The van der Waals surface area contributed by atoms with E-state index in [0.29, 0.717) is 22.4 Å². The van der Waals surface area contributed by atoms with Gasteiger partial charge in [-0.1, -0.05) is 36.4 Å². The molecule has 5 aromatic carbocycles. The quantitative estimate of drug-likeness (QED) is 0.215. The van der Waals surface area contributed by atoms with E-state index in [2.05, 4.69) is 59.5 Å². The molecule has 0 atom stereocenters. The highest BCUT2D eigenvalue weighted by atomic mass is 14.6. The summed E-state index contributed by atoms with van der Waals surface area (Å²) in [4.78, 5) is 3.49. The molecule has 154 valence electrons. The fourth-order valence-electron chi connectivity index (χ4n) is 4.26. The Morgan fingerprint density at radius 3 is 1.44 bits per heavy atom. The van der Waals surface area contributed by atoms with Gasteiger partial charge in [-0.2, -0.15) is 15.8 Å². The Morgan fingerprint density at radius 2 is 0.971 bits per heavy atom. The molecule has 5 aromatic rings. The zero-order chi connectivity index (χ0) is 23.7. The largest absolute Gasteiger partial charge is 0.238 e. The highest BCUT2D eigenvalue weighted by molar-refractivity contribution is 6.09. The summed E-state index contributed by atoms with van der Waals surface area (Å²) in [5.41, 5.74) is 5.40. The molecule has 0 aliphatic rings. The fraction of sp³-hybridized carbons (Fsp3) is 0. The third kappa shape index (κ3) is 3.59. The van der Waals surface area contributed by atoms with Crippen molar-refractivity contribution in [1.82, 2.24) is 0 Å². The minimum absolute atomic E-state index is 0.445. The average Bonchev–Trinajstić information content (AvgIpc) is 2.91. The van der Waals surface area contributed by atoms with Crippen molar-refractivity contribution in [3.63, 3.8) is 0 Å². The molecule has 0 saturated heterocycles. The third-order valence-electron chi connectivity index (χ3n) is 5.87. The molecular formula is C30H14N4. The number of nitrogens with zero attached hydrogens (tertiary/aromatic N) is 4. The summed E-state index contributed by atoms with van der Waals surface area (Å²) in [6.45, 7) is 7.30. The van der Waals surface area contributed by atoms with Gasteiger partial charge in [-0.3, -0.25) is 0 Å². The Hall–Kier alpha value is -5.42. The van der Waals surface area contributed by atoms with Crippen LogP contribution in [0.4, 0.5) is 5.69 Å². The first-order chi connectivity index (χ1) is 16.6. The lowest BCUT2D eigenvalue weighted by molar-refractivity contribution is 1.45. The summed E-state index contributed by atoms with van der Waals surface area (Å²) in [7, 11) is 0. The number of hydrogen-bond donors (Lipinski definition) is 0. The van der Waals surface area contributed by atoms with Gasteiger partial charge in [-0.15, -0.1) is 0 Å². The molecule has 0 aromatic heterocycles. The van der Waals surface area contributed by atoms with E-state index in [-0.39, 0.29) is 0 Å². The molecule has 0 saturated carbocycles. The fourth-order valence-corrected chi connectivity index (χ4v) is 4.26. The van der Waals surface area contributed by atoms with Crippen molar-refractivity contribution in [3.8, 4) is 40.5 Å². The molecule has 0 fully saturated rings. The van der Waals surface area contributed by atoms with E-state index in [9.17, 15) is 15.8 Å². The van der Waals surface area contributed by atoms with Crippen LogP contribution in [0.15, 0.2) is 84.9 Å². The molecular weight excluding hydrogens is 416 g/mol. The van der Waals surface area contributed by atoms with Gasteiger partial charge in [0.15, 0.2) is 5.69 Å². The summed E-state index contributed by atoms with van der Waals surface area (Å²) in [6, 6.07) is 33.1. The summed E-state index contributed by atoms with van der Waals surface area (Å²) in [5.74, 6) is 0. The summed E-state index contributed by atoms with van der Waals surface area (Å²) >= 11 is 0. The maximum absolute atomic E-state index is 9.30. The van der Waals surface area contributed by atoms with E-state index in [1.54, 1.807) is 36.4 Å². The zero-order valence-electron chi connectivity index (χ0n) is 17.9. The van der Waals surface area contributed by atoms with Crippen LogP contribution in [-0.4, -0.2) is 0 Å². The first-order valence-corrected chi connectivity index (χ1v) is 10.5. The Balaban J connectivity index is 1.62. The van der Waals surface area contributed by atoms with Crippen molar-refractivity contribution in [2.45, 2.75) is 0 Å². The molecule has 0 aliphatic heterocycles. The van der Waals surface area contributed by atoms with Gasteiger partial charge in [-0.05, 0) is 92.3 Å². The molecule has 4 heteroatoms. The smallest absolute Gasteiger partial charge is 0.189 e. The molecule has 0 amide bonds. The lowest BCUT2D eigenvalue weighted by Crippen LogP contribution is -1.86. The first-order valence-electron chi connectivity index (χ1n) is 10.5. The van der Waals surface area contributed by atoms with Gasteiger partial charge in [0.1, 0.15) is 0 Å². The molecule has 34 heavy (non-hydrogen) atoms. The second-order valence-corrected chi connectivity index (χ2v) is 7.95. The number of rotatable bonds is 2. The Kier molecular flexibility index (Phi) is 4.97. The molecule has 0 radical (unpaired) electrons. The minimum Gasteiger partial charge on any atom is -0.238 e. The Morgan fingerprint density at radius 1 is 0.500 bits per heavy atom. The predicted octanol–water partition coefficient (Wildman–Crippen LogP) is 7.49.